The summed E-state index contributed by atoms with van der Waals surface area (Å²) in [6.45, 7) is -2.30. The normalized spacial score (nSPS) is 45.7. The molecule has 27 heteroatoms. The van der Waals surface area contributed by atoms with Crippen LogP contribution in [-0.2, 0) is 57.0 Å². The minimum absolute atomic E-state index is 0.00216. The number of hydrogen-bond acceptors (Lipinski definition) is 26. The van der Waals surface area contributed by atoms with Gasteiger partial charge in [0.2, 0.25) is 0 Å². The van der Waals surface area contributed by atoms with Gasteiger partial charge in [-0.15, -0.1) is 0 Å². The van der Waals surface area contributed by atoms with Crippen molar-refractivity contribution in [2.45, 2.75) is 218 Å². The Labute approximate surface area is 461 Å². The largest absolute Gasteiger partial charge is 0.506 e. The van der Waals surface area contributed by atoms with Gasteiger partial charge in [0, 0.05) is 44.4 Å². The zero-order chi connectivity index (χ0) is 57.7. The van der Waals surface area contributed by atoms with Gasteiger partial charge in [-0.2, -0.15) is 0 Å². The average Bonchev–Trinajstić information content (AvgIpc) is 3.58. The van der Waals surface area contributed by atoms with Crippen molar-refractivity contribution < 1.29 is 133 Å². The summed E-state index contributed by atoms with van der Waals surface area (Å²) in [5, 5.41) is 152. The second-order valence-electron chi connectivity index (χ2n) is 22.2. The minimum Gasteiger partial charge on any atom is -0.506 e. The topological polar surface area (TPSA) is 422 Å². The van der Waals surface area contributed by atoms with E-state index >= 15 is 0 Å². The molecule has 8 aliphatic rings. The molecule has 25 unspecified atom stereocenters. The highest BCUT2D eigenvalue weighted by Crippen LogP contribution is 2.45. The number of allylic oxidation sites excluding steroid dienone is 3. The molecular weight excluding hydrogens is 1070 g/mol. The van der Waals surface area contributed by atoms with Gasteiger partial charge in [0.25, 0.3) is 0 Å². The Morgan fingerprint density at radius 1 is 0.637 bits per heavy atom. The van der Waals surface area contributed by atoms with Crippen molar-refractivity contribution in [1.82, 2.24) is 0 Å². The second-order valence-corrected chi connectivity index (χ2v) is 22.2. The Morgan fingerprint density at radius 3 is 1.95 bits per heavy atom. The third-order valence-electron chi connectivity index (χ3n) is 16.9. The fourth-order valence-corrected chi connectivity index (χ4v) is 12.2. The molecule has 8 rings (SSSR count). The van der Waals surface area contributed by atoms with E-state index in [1.54, 1.807) is 6.08 Å². The Hall–Kier alpha value is -3.34. The third kappa shape index (κ3) is 14.6. The van der Waals surface area contributed by atoms with E-state index in [4.69, 9.17) is 52.1 Å². The van der Waals surface area contributed by atoms with Crippen molar-refractivity contribution in [2.75, 3.05) is 34.0 Å². The number of fused-ring (bicyclic) bond motifs is 1. The van der Waals surface area contributed by atoms with E-state index in [1.165, 1.54) is 32.4 Å². The summed E-state index contributed by atoms with van der Waals surface area (Å²) in [6, 6.07) is 0. The van der Waals surface area contributed by atoms with E-state index in [-0.39, 0.29) is 56.0 Å². The molecule has 4 saturated heterocycles. The number of carbonyl (C=O) groups excluding carboxylic acids is 2. The molecule has 4 heterocycles. The van der Waals surface area contributed by atoms with Crippen LogP contribution in [-0.4, -0.2) is 269 Å². The van der Waals surface area contributed by atoms with Crippen molar-refractivity contribution in [3.8, 4) is 0 Å². The molecule has 25 atom stereocenters. The number of esters is 2. The highest BCUT2D eigenvalue weighted by molar-refractivity contribution is 5.83. The first kappa shape index (κ1) is 62.7. The summed E-state index contributed by atoms with van der Waals surface area (Å²) < 4.78 is 64.4. The molecule has 3 saturated carbocycles. The smallest absolute Gasteiger partial charge is 0.331 e. The van der Waals surface area contributed by atoms with Crippen LogP contribution in [0, 0.1) is 17.8 Å². The van der Waals surface area contributed by atoms with Crippen molar-refractivity contribution in [3.05, 3.63) is 47.5 Å². The molecule has 0 aromatic carbocycles. The standard InChI is InChI=1S/C53H80O27/c1-70-32-13-23(14-33(71-2)40(32)62)6-12-39(61)79-49-45(67)42(64)36(20-55)77-53(49)80-50-46(68)43(65)37(21-72-38(60)11-5-22-3-8-25(56)9-4-22)78-52(50)75-34-18-27-30(73-48(34)24-7-10-28(58)29(59)15-24)16-26(57)17-31(27)74-51-47(69)44(66)41(63)35(19-54)76-51/h5-6,11-13,22,24-31,33-37,41-59,62-69H,3-4,7-10,14-21H2,1-2H3/p+1. The first-order valence-corrected chi connectivity index (χ1v) is 27.5. The number of ether oxygens (including phenoxy) is 11. The summed E-state index contributed by atoms with van der Waals surface area (Å²) >= 11 is 0. The van der Waals surface area contributed by atoms with Gasteiger partial charge in [0.1, 0.15) is 86.0 Å². The monoisotopic (exact) mass is 1150 g/mol. The molecule has 0 amide bonds. The maximum absolute atomic E-state index is 13.6. The van der Waals surface area contributed by atoms with Gasteiger partial charge in [-0.05, 0) is 68.9 Å². The second kappa shape index (κ2) is 28.0. The van der Waals surface area contributed by atoms with Crippen molar-refractivity contribution in [2.24, 2.45) is 17.8 Å². The van der Waals surface area contributed by atoms with E-state index in [9.17, 15) is 81.1 Å². The summed E-state index contributed by atoms with van der Waals surface area (Å²) in [5.74, 6) is -3.22. The highest BCUT2D eigenvalue weighted by atomic mass is 16.8. The van der Waals surface area contributed by atoms with Gasteiger partial charge in [0.05, 0.1) is 56.8 Å². The van der Waals surface area contributed by atoms with Gasteiger partial charge in [-0.3, -0.25) is 0 Å². The van der Waals surface area contributed by atoms with Crippen LogP contribution < -0.4 is 0 Å². The predicted molar refractivity (Wildman–Crippen MR) is 267 cm³/mol. The lowest BCUT2D eigenvalue weighted by molar-refractivity contribution is -0.390. The summed E-state index contributed by atoms with van der Waals surface area (Å²) in [6.07, 6.45) is -25.2. The molecule has 4 aliphatic carbocycles. The van der Waals surface area contributed by atoms with Gasteiger partial charge in [-0.1, -0.05) is 12.2 Å². The summed E-state index contributed by atoms with van der Waals surface area (Å²) in [7, 11) is 2.69. The Kier molecular flexibility index (Phi) is 22.0. The first-order chi connectivity index (χ1) is 38.2. The van der Waals surface area contributed by atoms with Crippen LogP contribution in [0.25, 0.3) is 0 Å². The summed E-state index contributed by atoms with van der Waals surface area (Å²) in [5.41, 5.74) is 0.448. The molecule has 0 radical (unpaired) electrons. The van der Waals surface area contributed by atoms with Crippen molar-refractivity contribution >= 4 is 11.9 Å². The van der Waals surface area contributed by atoms with Gasteiger partial charge in [0.15, 0.2) is 48.7 Å². The fraction of sp³-hybridized carbons (Fsp3) is 0.811. The molecule has 0 aromatic heterocycles. The van der Waals surface area contributed by atoms with Crippen LogP contribution >= 0.6 is 0 Å². The number of aliphatic hydroxyl groups excluding tert-OH is 14. The number of rotatable bonds is 18. The lowest BCUT2D eigenvalue weighted by atomic mass is 9.72. The van der Waals surface area contributed by atoms with Gasteiger partial charge in [-0.25, -0.2) is 9.59 Å². The number of carbonyl (C=O) groups is 2. The molecule has 15 N–H and O–H groups in total. The lowest BCUT2D eigenvalue weighted by Crippen LogP contribution is -2.66. The van der Waals surface area contributed by atoms with Gasteiger partial charge >= 0.3 is 11.9 Å². The quantitative estimate of drug-likeness (QED) is 0.0350. The molecule has 0 bridgehead atoms. The van der Waals surface area contributed by atoms with E-state index < -0.39 is 191 Å². The van der Waals surface area contributed by atoms with E-state index in [1.807, 2.05) is 0 Å². The average molecular weight is 1150 g/mol. The molecule has 27 nitrogen and oxygen atoms in total. The number of methoxy groups -OCH3 is 2. The Morgan fingerprint density at radius 2 is 1.27 bits per heavy atom. The SMILES string of the molecule is COC1=C(O)C(OC)CC(C=CC(=O)OC2C(OC3C(OC4CC5C(OC6OC(CO)C(O)C(O)C6O)CC(O)CC5[OH+]C4C4CCC(O)C(O)C4)OC(COC(=O)C=CC4CCC(O)CC4)C(O)C3O)OC(CO)C(O)C2O)=C1. The maximum atomic E-state index is 13.6. The molecule has 80 heavy (non-hydrogen) atoms. The molecule has 0 spiro atoms. The van der Waals surface area contributed by atoms with Crippen LogP contribution in [0.5, 0.6) is 0 Å². The van der Waals surface area contributed by atoms with Crippen LogP contribution in [0.2, 0.25) is 0 Å². The zero-order valence-corrected chi connectivity index (χ0v) is 44.5. The van der Waals surface area contributed by atoms with Crippen LogP contribution in [0.3, 0.4) is 0 Å². The number of aliphatic hydroxyl groups is 16. The molecule has 454 valence electrons. The van der Waals surface area contributed by atoms with Gasteiger partial charge < -0.3 is 124 Å². The summed E-state index contributed by atoms with van der Waals surface area (Å²) in [4.78, 5) is 26.7. The Bertz CT molecular complexity index is 2150. The van der Waals surface area contributed by atoms with E-state index in [0.29, 0.717) is 37.7 Å². The van der Waals surface area contributed by atoms with Crippen LogP contribution in [0.4, 0.5) is 0 Å². The minimum atomic E-state index is -2.05. The van der Waals surface area contributed by atoms with Crippen molar-refractivity contribution in [3.63, 3.8) is 0 Å². The molecular formula is C53H81O27+. The van der Waals surface area contributed by atoms with Crippen LogP contribution in [0.1, 0.15) is 70.6 Å². The first-order valence-electron chi connectivity index (χ1n) is 27.5. The fourth-order valence-electron chi connectivity index (χ4n) is 12.2. The third-order valence-corrected chi connectivity index (χ3v) is 16.9. The predicted octanol–water partition coefficient (Wildman–Crippen LogP) is -4.33. The van der Waals surface area contributed by atoms with Crippen LogP contribution in [0.15, 0.2) is 47.5 Å². The van der Waals surface area contributed by atoms with E-state index in [2.05, 4.69) is 0 Å². The lowest BCUT2D eigenvalue weighted by Gasteiger charge is -2.51. The zero-order valence-electron chi connectivity index (χ0n) is 44.5. The highest BCUT2D eigenvalue weighted by Gasteiger charge is 2.58. The molecule has 0 aromatic rings. The van der Waals surface area contributed by atoms with E-state index in [0.717, 1.165) is 6.08 Å². The maximum Gasteiger partial charge on any atom is 0.331 e. The van der Waals surface area contributed by atoms with Crippen molar-refractivity contribution in [1.29, 1.82) is 0 Å². The Balaban J connectivity index is 1.09. The number of hydrogen-bond donors (Lipinski definition) is 14. The molecule has 4 aliphatic heterocycles. The molecule has 7 fully saturated rings.